The van der Waals surface area contributed by atoms with Gasteiger partial charge in [0, 0.05) is 6.04 Å². The average molecular weight is 342 g/mol. The van der Waals surface area contributed by atoms with Gasteiger partial charge in [-0.25, -0.2) is 4.79 Å². The molecule has 1 aromatic carbocycles. The van der Waals surface area contributed by atoms with E-state index in [1.165, 1.54) is 7.11 Å². The summed E-state index contributed by atoms with van der Waals surface area (Å²) in [7, 11) is 3.29. The summed E-state index contributed by atoms with van der Waals surface area (Å²) in [5.74, 6) is -0.405. The second-order valence-electron chi connectivity index (χ2n) is 5.78. The number of likely N-dealkylation sites (N-methyl/N-ethyl adjacent to an activating group) is 1. The van der Waals surface area contributed by atoms with Crippen molar-refractivity contribution in [3.63, 3.8) is 0 Å². The van der Waals surface area contributed by atoms with Gasteiger partial charge >= 0.3 is 5.97 Å². The van der Waals surface area contributed by atoms with Gasteiger partial charge in [-0.05, 0) is 43.2 Å². The molecule has 1 unspecified atom stereocenters. The first-order valence-electron chi connectivity index (χ1n) is 7.10. The maximum absolute atomic E-state index is 12.3. The largest absolute Gasteiger partial charge is 0.466 e. The Kier molecular flexibility index (Phi) is 4.21. The average Bonchev–Trinajstić information content (AvgIpc) is 2.68. The van der Waals surface area contributed by atoms with Gasteiger partial charge in [0.1, 0.15) is 0 Å². The second-order valence-corrected chi connectivity index (χ2v) is 6.60. The van der Waals surface area contributed by atoms with Crippen LogP contribution in [0, 0.1) is 0 Å². The van der Waals surface area contributed by atoms with Crippen molar-refractivity contribution in [3.8, 4) is 0 Å². The Bertz CT molecular complexity index is 659. The van der Waals surface area contributed by atoms with Crippen molar-refractivity contribution in [3.05, 3.63) is 39.4 Å². The van der Waals surface area contributed by atoms with Crippen LogP contribution >= 0.6 is 23.2 Å². The molecule has 0 aromatic heterocycles. The molecule has 2 aliphatic rings. The van der Waals surface area contributed by atoms with Gasteiger partial charge in [0.15, 0.2) is 0 Å². The summed E-state index contributed by atoms with van der Waals surface area (Å²) in [4.78, 5) is 14.4. The minimum absolute atomic E-state index is 0.206. The van der Waals surface area contributed by atoms with E-state index in [0.29, 0.717) is 28.5 Å². The third-order valence-electron chi connectivity index (χ3n) is 4.63. The fraction of sp³-hybridized carbons (Fsp3) is 0.438. The molecule has 0 spiro atoms. The lowest BCUT2D eigenvalue weighted by atomic mass is 9.88. The first kappa shape index (κ1) is 15.8. The summed E-state index contributed by atoms with van der Waals surface area (Å²) >= 11 is 12.1. The Morgan fingerprint density at radius 3 is 2.73 bits per heavy atom. The molecule has 0 saturated carbocycles. The highest BCUT2D eigenvalue weighted by Crippen LogP contribution is 2.43. The monoisotopic (exact) mass is 341 g/mol. The van der Waals surface area contributed by atoms with Crippen molar-refractivity contribution in [2.45, 2.75) is 31.0 Å². The number of hydrogen-bond acceptors (Lipinski definition) is 4. The zero-order valence-corrected chi connectivity index (χ0v) is 13.9. The molecule has 4 nitrogen and oxygen atoms in total. The molecule has 2 aliphatic heterocycles. The lowest BCUT2D eigenvalue weighted by molar-refractivity contribution is -0.137. The third kappa shape index (κ3) is 2.44. The van der Waals surface area contributed by atoms with E-state index in [1.54, 1.807) is 12.1 Å². The normalized spacial score (nSPS) is 28.1. The molecule has 1 fully saturated rings. The van der Waals surface area contributed by atoms with Crippen LogP contribution in [0.1, 0.15) is 18.4 Å². The van der Waals surface area contributed by atoms with Crippen LogP contribution in [-0.2, 0) is 9.53 Å². The number of fused-ring (bicyclic) bond motifs is 2. The number of halogens is 2. The van der Waals surface area contributed by atoms with Crippen molar-refractivity contribution in [2.24, 2.45) is 0 Å². The molecule has 2 bridgehead atoms. The quantitative estimate of drug-likeness (QED) is 0.840. The summed E-state index contributed by atoms with van der Waals surface area (Å²) in [6.45, 7) is 0. The first-order valence-corrected chi connectivity index (χ1v) is 7.86. The molecule has 0 amide bonds. The number of carbonyl (C=O) groups is 1. The van der Waals surface area contributed by atoms with E-state index >= 15 is 0 Å². The number of nitrogens with zero attached hydrogens (tertiary/aromatic N) is 1. The van der Waals surface area contributed by atoms with Gasteiger partial charge in [-0.15, -0.1) is 0 Å². The topological polar surface area (TPSA) is 49.8 Å². The van der Waals surface area contributed by atoms with Crippen molar-refractivity contribution in [1.29, 1.82) is 0 Å². The maximum Gasteiger partial charge on any atom is 0.335 e. The lowest BCUT2D eigenvalue weighted by Gasteiger charge is -2.34. The number of esters is 1. The van der Waals surface area contributed by atoms with Gasteiger partial charge in [-0.1, -0.05) is 29.3 Å². The molecule has 1 saturated heterocycles. The minimum atomic E-state index is -0.565. The number of hydrogen-bond donors (Lipinski definition) is 1. The molecular formula is C16H17Cl2NO3. The molecular weight excluding hydrogens is 325 g/mol. The summed E-state index contributed by atoms with van der Waals surface area (Å²) in [5.41, 5.74) is 2.26. The van der Waals surface area contributed by atoms with Gasteiger partial charge in [0.2, 0.25) is 0 Å². The van der Waals surface area contributed by atoms with Crippen LogP contribution in [0.25, 0.3) is 5.57 Å². The van der Waals surface area contributed by atoms with E-state index in [0.717, 1.165) is 11.1 Å². The molecule has 22 heavy (non-hydrogen) atoms. The number of methoxy groups -OCH3 is 1. The second kappa shape index (κ2) is 5.85. The lowest BCUT2D eigenvalue weighted by Crippen LogP contribution is -2.43. The molecule has 3 atom stereocenters. The van der Waals surface area contributed by atoms with Crippen LogP contribution in [0.15, 0.2) is 23.8 Å². The van der Waals surface area contributed by atoms with Crippen molar-refractivity contribution >= 4 is 34.7 Å². The predicted octanol–water partition coefficient (Wildman–Crippen LogP) is 2.76. The van der Waals surface area contributed by atoms with Crippen LogP contribution in [0.5, 0.6) is 0 Å². The smallest absolute Gasteiger partial charge is 0.335 e. The molecule has 1 N–H and O–H groups in total. The van der Waals surface area contributed by atoms with Crippen LogP contribution in [-0.4, -0.2) is 48.3 Å². The van der Waals surface area contributed by atoms with E-state index in [9.17, 15) is 9.90 Å². The highest BCUT2D eigenvalue weighted by Gasteiger charge is 2.47. The Balaban J connectivity index is 2.16. The molecule has 1 aromatic rings. The summed E-state index contributed by atoms with van der Waals surface area (Å²) in [6, 6.07) is 5.20. The molecule has 0 radical (unpaired) electrons. The fourth-order valence-corrected chi connectivity index (χ4v) is 3.83. The first-order chi connectivity index (χ1) is 10.4. The number of carbonyl (C=O) groups excluding carboxylic acids is 1. The molecule has 118 valence electrons. The highest BCUT2D eigenvalue weighted by molar-refractivity contribution is 6.42. The van der Waals surface area contributed by atoms with Crippen LogP contribution in [0.3, 0.4) is 0 Å². The Labute approximate surface area is 139 Å². The number of aliphatic hydroxyl groups excluding tert-OH is 1. The van der Waals surface area contributed by atoms with Gasteiger partial charge in [0.05, 0.1) is 34.9 Å². The predicted molar refractivity (Wildman–Crippen MR) is 86.0 cm³/mol. The van der Waals surface area contributed by atoms with Gasteiger partial charge < -0.3 is 9.84 Å². The fourth-order valence-electron chi connectivity index (χ4n) is 3.53. The van der Waals surface area contributed by atoms with Crippen LogP contribution < -0.4 is 0 Å². The van der Waals surface area contributed by atoms with Crippen molar-refractivity contribution in [1.82, 2.24) is 4.90 Å². The summed E-state index contributed by atoms with van der Waals surface area (Å²) in [6.07, 6.45) is 0.753. The van der Waals surface area contributed by atoms with E-state index in [2.05, 4.69) is 4.90 Å². The number of aliphatic hydroxyl groups is 1. The molecule has 6 heteroatoms. The van der Waals surface area contributed by atoms with E-state index in [4.69, 9.17) is 27.9 Å². The summed E-state index contributed by atoms with van der Waals surface area (Å²) < 4.78 is 4.95. The number of rotatable bonds is 2. The van der Waals surface area contributed by atoms with Gasteiger partial charge in [0.25, 0.3) is 0 Å². The number of benzene rings is 1. The van der Waals surface area contributed by atoms with E-state index in [-0.39, 0.29) is 12.1 Å². The van der Waals surface area contributed by atoms with Crippen molar-refractivity contribution in [2.75, 3.05) is 14.2 Å². The van der Waals surface area contributed by atoms with Crippen LogP contribution in [0.2, 0.25) is 10.0 Å². The highest BCUT2D eigenvalue weighted by atomic mass is 35.5. The molecule has 2 heterocycles. The van der Waals surface area contributed by atoms with Gasteiger partial charge in [-0.2, -0.15) is 0 Å². The maximum atomic E-state index is 12.3. The molecule has 0 aliphatic carbocycles. The zero-order chi connectivity index (χ0) is 16.0. The standard InChI is InChI=1S/C16H17Cl2NO3/c1-19-9-6-10(8-3-4-11(17)12(18)5-8)14(16(21)22-2)15(19)13(20)7-9/h3-5,9,13,15,20H,6-7H2,1-2H3/t9?,13-,15+/m1/s1. The Morgan fingerprint density at radius 1 is 1.36 bits per heavy atom. The Hall–Kier alpha value is -1.07. The Morgan fingerprint density at radius 2 is 2.09 bits per heavy atom. The van der Waals surface area contributed by atoms with Crippen molar-refractivity contribution < 1.29 is 14.6 Å². The zero-order valence-electron chi connectivity index (χ0n) is 12.3. The van der Waals surface area contributed by atoms with E-state index in [1.807, 2.05) is 13.1 Å². The SMILES string of the molecule is COC(=O)C1=C(c2ccc(Cl)c(Cl)c2)CC2C[C@@H](O)[C@@H]1N2C. The molecule has 3 rings (SSSR count). The number of ether oxygens (including phenoxy) is 1. The van der Waals surface area contributed by atoms with E-state index < -0.39 is 12.1 Å². The minimum Gasteiger partial charge on any atom is -0.466 e. The van der Waals surface area contributed by atoms with Crippen LogP contribution in [0.4, 0.5) is 0 Å². The van der Waals surface area contributed by atoms with Gasteiger partial charge in [-0.3, -0.25) is 4.90 Å². The third-order valence-corrected chi connectivity index (χ3v) is 5.37. The summed E-state index contributed by atoms with van der Waals surface area (Å²) in [5, 5.41) is 11.2.